The lowest BCUT2D eigenvalue weighted by molar-refractivity contribution is 0.188. The van der Waals surface area contributed by atoms with Crippen LogP contribution in [0.15, 0.2) is 36.4 Å². The lowest BCUT2D eigenvalue weighted by Crippen LogP contribution is -2.30. The summed E-state index contributed by atoms with van der Waals surface area (Å²) in [7, 11) is 1.68. The van der Waals surface area contributed by atoms with Gasteiger partial charge < -0.3 is 20.1 Å². The van der Waals surface area contributed by atoms with E-state index in [0.29, 0.717) is 5.02 Å². The van der Waals surface area contributed by atoms with Gasteiger partial charge in [-0.15, -0.1) is 0 Å². The molecule has 160 valence electrons. The van der Waals surface area contributed by atoms with E-state index in [2.05, 4.69) is 10.2 Å². The number of rotatable bonds is 11. The summed E-state index contributed by atoms with van der Waals surface area (Å²) >= 11 is 6.21. The normalized spacial score (nSPS) is 14.0. The Morgan fingerprint density at radius 1 is 1.10 bits per heavy atom. The van der Waals surface area contributed by atoms with Crippen LogP contribution in [0.4, 0.5) is 5.69 Å². The maximum atomic E-state index is 9.31. The second kappa shape index (κ2) is 9.82. The maximum Gasteiger partial charge on any atom is 0.119 e. The van der Waals surface area contributed by atoms with Gasteiger partial charge in [-0.1, -0.05) is 11.6 Å². The first kappa shape index (κ1) is 21.2. The standard InChI is InChI=1S/C24H30ClN3O2/c1-30-19-7-9-22-21(15-19)24(20-8-6-18(25)14-23(20)27-22)26-10-2-3-11-28(12-13-29)16-17-4-5-17/h6-9,14-15,17,29H,2-5,10-13,16H2,1H3,(H,26,27). The zero-order chi connectivity index (χ0) is 20.9. The topological polar surface area (TPSA) is 57.6 Å². The minimum atomic E-state index is 0.240. The molecule has 0 unspecified atom stereocenters. The molecule has 4 rings (SSSR count). The molecule has 0 amide bonds. The molecule has 1 heterocycles. The van der Waals surface area contributed by atoms with Gasteiger partial charge in [0.25, 0.3) is 0 Å². The van der Waals surface area contributed by atoms with Gasteiger partial charge in [-0.05, 0) is 74.5 Å². The lowest BCUT2D eigenvalue weighted by Gasteiger charge is -2.21. The molecule has 2 aromatic carbocycles. The Morgan fingerprint density at radius 2 is 1.97 bits per heavy atom. The van der Waals surface area contributed by atoms with Gasteiger partial charge in [-0.3, -0.25) is 0 Å². The van der Waals surface area contributed by atoms with Crippen LogP contribution in [0.5, 0.6) is 5.75 Å². The molecule has 1 aliphatic rings. The van der Waals surface area contributed by atoms with Crippen molar-refractivity contribution >= 4 is 39.1 Å². The van der Waals surface area contributed by atoms with Gasteiger partial charge >= 0.3 is 0 Å². The van der Waals surface area contributed by atoms with Crippen LogP contribution in [0.3, 0.4) is 0 Å². The molecule has 1 saturated carbocycles. The van der Waals surface area contributed by atoms with Crippen LogP contribution in [-0.4, -0.2) is 54.9 Å². The van der Waals surface area contributed by atoms with Gasteiger partial charge in [0.2, 0.25) is 0 Å². The molecule has 0 saturated heterocycles. The maximum absolute atomic E-state index is 9.31. The third kappa shape index (κ3) is 5.15. The summed E-state index contributed by atoms with van der Waals surface area (Å²) in [5.41, 5.74) is 2.89. The second-order valence-corrected chi connectivity index (χ2v) is 8.57. The van der Waals surface area contributed by atoms with E-state index in [0.717, 1.165) is 78.2 Å². The van der Waals surface area contributed by atoms with Crippen molar-refractivity contribution in [2.24, 2.45) is 5.92 Å². The smallest absolute Gasteiger partial charge is 0.119 e. The number of anilines is 1. The number of aliphatic hydroxyl groups excluding tert-OH is 1. The molecule has 1 aliphatic carbocycles. The fraction of sp³-hybridized carbons (Fsp3) is 0.458. The third-order valence-electron chi connectivity index (χ3n) is 5.78. The molecule has 30 heavy (non-hydrogen) atoms. The van der Waals surface area contributed by atoms with E-state index in [1.54, 1.807) is 7.11 Å². The SMILES string of the molecule is COc1ccc2nc3cc(Cl)ccc3c(NCCCCN(CCO)CC3CC3)c2c1. The molecule has 6 heteroatoms. The number of nitrogens with zero attached hydrogens (tertiary/aromatic N) is 2. The van der Waals surface area contributed by atoms with E-state index in [1.807, 2.05) is 36.4 Å². The fourth-order valence-corrected chi connectivity index (χ4v) is 4.16. The lowest BCUT2D eigenvalue weighted by atomic mass is 10.1. The van der Waals surface area contributed by atoms with Crippen molar-refractivity contribution in [3.8, 4) is 5.75 Å². The van der Waals surface area contributed by atoms with Crippen molar-refractivity contribution in [2.75, 3.05) is 45.2 Å². The highest BCUT2D eigenvalue weighted by atomic mass is 35.5. The number of nitrogens with one attached hydrogen (secondary N) is 1. The monoisotopic (exact) mass is 427 g/mol. The quantitative estimate of drug-likeness (QED) is 0.335. The number of pyridine rings is 1. The predicted octanol–water partition coefficient (Wildman–Crippen LogP) is 4.95. The van der Waals surface area contributed by atoms with Gasteiger partial charge in [-0.2, -0.15) is 0 Å². The molecule has 1 fully saturated rings. The van der Waals surface area contributed by atoms with Crippen LogP contribution >= 0.6 is 11.6 Å². The molecule has 0 bridgehead atoms. The number of hydrogen-bond acceptors (Lipinski definition) is 5. The van der Waals surface area contributed by atoms with Crippen molar-refractivity contribution in [1.29, 1.82) is 0 Å². The van der Waals surface area contributed by atoms with Crippen molar-refractivity contribution in [2.45, 2.75) is 25.7 Å². The summed E-state index contributed by atoms with van der Waals surface area (Å²) in [4.78, 5) is 7.19. The van der Waals surface area contributed by atoms with Crippen LogP contribution in [0.2, 0.25) is 5.02 Å². The average molecular weight is 428 g/mol. The van der Waals surface area contributed by atoms with Crippen molar-refractivity contribution in [3.05, 3.63) is 41.4 Å². The molecular weight excluding hydrogens is 398 g/mol. The number of aliphatic hydroxyl groups is 1. The first-order chi connectivity index (χ1) is 14.7. The predicted molar refractivity (Wildman–Crippen MR) is 125 cm³/mol. The van der Waals surface area contributed by atoms with Crippen LogP contribution in [0.25, 0.3) is 21.8 Å². The summed E-state index contributed by atoms with van der Waals surface area (Å²) in [6, 6.07) is 11.8. The Bertz CT molecular complexity index is 1010. The van der Waals surface area contributed by atoms with Gasteiger partial charge in [-0.25, -0.2) is 4.98 Å². The van der Waals surface area contributed by atoms with Gasteiger partial charge in [0.05, 0.1) is 30.4 Å². The van der Waals surface area contributed by atoms with E-state index < -0.39 is 0 Å². The highest BCUT2D eigenvalue weighted by molar-refractivity contribution is 6.31. The zero-order valence-electron chi connectivity index (χ0n) is 17.5. The molecule has 1 aromatic heterocycles. The minimum Gasteiger partial charge on any atom is -0.497 e. The summed E-state index contributed by atoms with van der Waals surface area (Å²) in [6.45, 7) is 4.08. The summed E-state index contributed by atoms with van der Waals surface area (Å²) in [5, 5.41) is 15.8. The Morgan fingerprint density at radius 3 is 2.73 bits per heavy atom. The van der Waals surface area contributed by atoms with Crippen molar-refractivity contribution in [1.82, 2.24) is 9.88 Å². The number of benzene rings is 2. The second-order valence-electron chi connectivity index (χ2n) is 8.13. The number of aromatic nitrogens is 1. The number of halogens is 1. The summed E-state index contributed by atoms with van der Waals surface area (Å²) in [5.74, 6) is 1.67. The Hall–Kier alpha value is -2.08. The molecule has 5 nitrogen and oxygen atoms in total. The Labute approximate surface area is 183 Å². The highest BCUT2D eigenvalue weighted by Crippen LogP contribution is 2.34. The van der Waals surface area contributed by atoms with E-state index >= 15 is 0 Å². The van der Waals surface area contributed by atoms with Gasteiger partial charge in [0.1, 0.15) is 5.75 Å². The number of methoxy groups -OCH3 is 1. The fourth-order valence-electron chi connectivity index (χ4n) is 3.99. The van der Waals surface area contributed by atoms with E-state index in [1.165, 1.54) is 12.8 Å². The summed E-state index contributed by atoms with van der Waals surface area (Å²) < 4.78 is 5.43. The molecule has 0 radical (unpaired) electrons. The third-order valence-corrected chi connectivity index (χ3v) is 6.01. The largest absolute Gasteiger partial charge is 0.497 e. The zero-order valence-corrected chi connectivity index (χ0v) is 18.3. The minimum absolute atomic E-state index is 0.240. The van der Waals surface area contributed by atoms with Crippen LogP contribution in [-0.2, 0) is 0 Å². The van der Waals surface area contributed by atoms with Crippen LogP contribution < -0.4 is 10.1 Å². The number of unbranched alkanes of at least 4 members (excludes halogenated alkanes) is 1. The van der Waals surface area contributed by atoms with E-state index in [-0.39, 0.29) is 6.61 Å². The van der Waals surface area contributed by atoms with Crippen LogP contribution in [0.1, 0.15) is 25.7 Å². The summed E-state index contributed by atoms with van der Waals surface area (Å²) in [6.07, 6.45) is 4.86. The first-order valence-electron chi connectivity index (χ1n) is 10.8. The van der Waals surface area contributed by atoms with Crippen LogP contribution in [0, 0.1) is 5.92 Å². The van der Waals surface area contributed by atoms with Crippen molar-refractivity contribution < 1.29 is 9.84 Å². The molecule has 0 spiro atoms. The highest BCUT2D eigenvalue weighted by Gasteiger charge is 2.23. The molecule has 0 atom stereocenters. The molecule has 2 N–H and O–H groups in total. The van der Waals surface area contributed by atoms with E-state index in [4.69, 9.17) is 21.3 Å². The Kier molecular flexibility index (Phi) is 6.93. The number of fused-ring (bicyclic) bond motifs is 2. The molecular formula is C24H30ClN3O2. The molecule has 0 aliphatic heterocycles. The van der Waals surface area contributed by atoms with Gasteiger partial charge in [0, 0.05) is 35.4 Å². The Balaban J connectivity index is 1.47. The first-order valence-corrected chi connectivity index (χ1v) is 11.2. The van der Waals surface area contributed by atoms with E-state index in [9.17, 15) is 5.11 Å². The number of ether oxygens (including phenoxy) is 1. The average Bonchev–Trinajstić information content (AvgIpc) is 3.56. The molecule has 3 aromatic rings. The van der Waals surface area contributed by atoms with Gasteiger partial charge in [0.15, 0.2) is 0 Å². The van der Waals surface area contributed by atoms with Crippen molar-refractivity contribution in [3.63, 3.8) is 0 Å². The number of hydrogen-bond donors (Lipinski definition) is 2.